The van der Waals surface area contributed by atoms with Crippen molar-refractivity contribution in [3.05, 3.63) is 64.6 Å². The third kappa shape index (κ3) is 4.49. The molecule has 7 heteroatoms. The van der Waals surface area contributed by atoms with Crippen LogP contribution in [0.2, 0.25) is 0 Å². The number of rotatable bonds is 4. The molecule has 1 aliphatic heterocycles. The summed E-state index contributed by atoms with van der Waals surface area (Å²) in [6.07, 6.45) is 0.293. The Bertz CT molecular complexity index is 826. The predicted octanol–water partition coefficient (Wildman–Crippen LogP) is 2.19. The van der Waals surface area contributed by atoms with Gasteiger partial charge in [-0.3, -0.25) is 25.2 Å². The van der Waals surface area contributed by atoms with E-state index in [1.54, 1.807) is 4.90 Å². The normalized spacial score (nSPS) is 16.4. The van der Waals surface area contributed by atoms with E-state index >= 15 is 0 Å². The van der Waals surface area contributed by atoms with E-state index in [0.29, 0.717) is 0 Å². The van der Waals surface area contributed by atoms with Crippen molar-refractivity contribution in [3.8, 4) is 0 Å². The summed E-state index contributed by atoms with van der Waals surface area (Å²) in [4.78, 5) is 38.0. The van der Waals surface area contributed by atoms with E-state index in [-0.39, 0.29) is 37.1 Å². The van der Waals surface area contributed by atoms with Crippen molar-refractivity contribution in [2.24, 2.45) is 5.92 Å². The van der Waals surface area contributed by atoms with Gasteiger partial charge in [0.05, 0.1) is 12.3 Å². The van der Waals surface area contributed by atoms with Gasteiger partial charge in [-0.1, -0.05) is 52.3 Å². The molecular formula is C19H18BrN3O3. The van der Waals surface area contributed by atoms with Gasteiger partial charge < -0.3 is 4.90 Å². The molecule has 134 valence electrons. The summed E-state index contributed by atoms with van der Waals surface area (Å²) in [5.74, 6) is -1.28. The maximum absolute atomic E-state index is 12.3. The molecule has 1 atom stereocenters. The minimum Gasteiger partial charge on any atom is -0.312 e. The lowest BCUT2D eigenvalue weighted by Gasteiger charge is -2.17. The largest absolute Gasteiger partial charge is 0.312 e. The number of hydrogen-bond acceptors (Lipinski definition) is 3. The molecule has 0 aliphatic carbocycles. The maximum atomic E-state index is 12.3. The molecule has 1 saturated heterocycles. The first-order valence-electron chi connectivity index (χ1n) is 8.21. The van der Waals surface area contributed by atoms with E-state index in [4.69, 9.17) is 0 Å². The first-order valence-corrected chi connectivity index (χ1v) is 9.01. The summed E-state index contributed by atoms with van der Waals surface area (Å²) < 4.78 is 0.865. The van der Waals surface area contributed by atoms with Gasteiger partial charge in [0.2, 0.25) is 17.7 Å². The molecule has 2 aromatic carbocycles. The molecule has 3 rings (SSSR count). The van der Waals surface area contributed by atoms with E-state index in [0.717, 1.165) is 15.7 Å². The Morgan fingerprint density at radius 3 is 2.58 bits per heavy atom. The Balaban J connectivity index is 1.52. The Morgan fingerprint density at radius 1 is 1.08 bits per heavy atom. The van der Waals surface area contributed by atoms with Crippen molar-refractivity contribution in [2.45, 2.75) is 12.8 Å². The van der Waals surface area contributed by atoms with Crippen molar-refractivity contribution in [2.75, 3.05) is 11.4 Å². The molecule has 0 unspecified atom stereocenters. The average molecular weight is 416 g/mol. The van der Waals surface area contributed by atoms with Crippen LogP contribution in [0.3, 0.4) is 0 Å². The Kier molecular flexibility index (Phi) is 5.68. The fraction of sp³-hybridized carbons (Fsp3) is 0.211. The summed E-state index contributed by atoms with van der Waals surface area (Å²) in [6, 6.07) is 16.6. The second-order valence-corrected chi connectivity index (χ2v) is 7.00. The lowest BCUT2D eigenvalue weighted by molar-refractivity contribution is -0.131. The highest BCUT2D eigenvalue weighted by molar-refractivity contribution is 9.10. The first kappa shape index (κ1) is 18.1. The monoisotopic (exact) mass is 415 g/mol. The molecule has 1 heterocycles. The number of carbonyl (C=O) groups is 3. The van der Waals surface area contributed by atoms with Gasteiger partial charge >= 0.3 is 0 Å². The Labute approximate surface area is 159 Å². The van der Waals surface area contributed by atoms with Crippen LogP contribution in [0.5, 0.6) is 0 Å². The number of anilines is 1. The third-order valence-corrected chi connectivity index (χ3v) is 4.64. The molecule has 3 amide bonds. The summed E-state index contributed by atoms with van der Waals surface area (Å²) in [5.41, 5.74) is 6.43. The number of carbonyl (C=O) groups excluding carboxylic acids is 3. The smallest absolute Gasteiger partial charge is 0.243 e. The molecule has 2 N–H and O–H groups in total. The van der Waals surface area contributed by atoms with Gasteiger partial charge in [-0.2, -0.15) is 0 Å². The van der Waals surface area contributed by atoms with Crippen molar-refractivity contribution in [3.63, 3.8) is 0 Å². The van der Waals surface area contributed by atoms with Crippen molar-refractivity contribution in [1.29, 1.82) is 0 Å². The number of hydrazine groups is 1. The second kappa shape index (κ2) is 8.14. The summed E-state index contributed by atoms with van der Waals surface area (Å²) in [6.45, 7) is 0.287. The van der Waals surface area contributed by atoms with Crippen LogP contribution in [-0.4, -0.2) is 24.3 Å². The molecule has 0 spiro atoms. The fourth-order valence-corrected chi connectivity index (χ4v) is 3.22. The van der Waals surface area contributed by atoms with Crippen molar-refractivity contribution >= 4 is 39.3 Å². The molecule has 0 bridgehead atoms. The first-order chi connectivity index (χ1) is 12.5. The van der Waals surface area contributed by atoms with E-state index in [9.17, 15) is 14.4 Å². The number of benzene rings is 2. The lowest BCUT2D eigenvalue weighted by atomic mass is 10.1. The van der Waals surface area contributed by atoms with Crippen LogP contribution in [0.25, 0.3) is 0 Å². The zero-order valence-electron chi connectivity index (χ0n) is 13.9. The van der Waals surface area contributed by atoms with Crippen molar-refractivity contribution < 1.29 is 14.4 Å². The van der Waals surface area contributed by atoms with Gasteiger partial charge in [0.1, 0.15) is 0 Å². The average Bonchev–Trinajstić information content (AvgIpc) is 3.02. The van der Waals surface area contributed by atoms with Crippen LogP contribution in [0.4, 0.5) is 5.69 Å². The predicted molar refractivity (Wildman–Crippen MR) is 101 cm³/mol. The van der Waals surface area contributed by atoms with Crippen molar-refractivity contribution in [1.82, 2.24) is 10.9 Å². The van der Waals surface area contributed by atoms with Crippen LogP contribution in [0.15, 0.2) is 59.1 Å². The number of nitrogens with one attached hydrogen (secondary N) is 2. The standard InChI is InChI=1S/C19H18BrN3O3/c20-15-7-4-8-16(11-15)23-12-14(10-18(23)25)19(26)22-21-17(24)9-13-5-2-1-3-6-13/h1-8,11,14H,9-10,12H2,(H,21,24)(H,22,26)/t14-/m1/s1. The molecule has 1 aliphatic rings. The molecule has 0 aromatic heterocycles. The van der Waals surface area contributed by atoms with Crippen LogP contribution in [0, 0.1) is 5.92 Å². The minimum absolute atomic E-state index is 0.112. The van der Waals surface area contributed by atoms with Gasteiger partial charge in [0, 0.05) is 23.1 Å². The van der Waals surface area contributed by atoms with E-state index < -0.39 is 5.92 Å². The number of amides is 3. The van der Waals surface area contributed by atoms with E-state index in [2.05, 4.69) is 26.8 Å². The third-order valence-electron chi connectivity index (χ3n) is 4.15. The summed E-state index contributed by atoms with van der Waals surface area (Å²) in [7, 11) is 0. The number of halogens is 1. The topological polar surface area (TPSA) is 78.5 Å². The van der Waals surface area contributed by atoms with Crippen LogP contribution in [0.1, 0.15) is 12.0 Å². The molecule has 0 radical (unpaired) electrons. The van der Waals surface area contributed by atoms with Gasteiger partial charge in [-0.25, -0.2) is 0 Å². The highest BCUT2D eigenvalue weighted by Gasteiger charge is 2.35. The van der Waals surface area contributed by atoms with Crippen LogP contribution >= 0.6 is 15.9 Å². The lowest BCUT2D eigenvalue weighted by Crippen LogP contribution is -2.45. The number of hydrogen-bond donors (Lipinski definition) is 2. The highest BCUT2D eigenvalue weighted by Crippen LogP contribution is 2.27. The molecule has 26 heavy (non-hydrogen) atoms. The Morgan fingerprint density at radius 2 is 1.85 bits per heavy atom. The molecule has 6 nitrogen and oxygen atoms in total. The van der Waals surface area contributed by atoms with Gasteiger partial charge in [-0.05, 0) is 23.8 Å². The van der Waals surface area contributed by atoms with Crippen LogP contribution < -0.4 is 15.8 Å². The highest BCUT2D eigenvalue weighted by atomic mass is 79.9. The zero-order chi connectivity index (χ0) is 18.5. The molecule has 1 fully saturated rings. The summed E-state index contributed by atoms with van der Waals surface area (Å²) >= 11 is 3.38. The van der Waals surface area contributed by atoms with E-state index in [1.165, 1.54) is 0 Å². The van der Waals surface area contributed by atoms with Crippen LogP contribution in [-0.2, 0) is 20.8 Å². The Hall–Kier alpha value is -2.67. The minimum atomic E-state index is -0.501. The van der Waals surface area contributed by atoms with Gasteiger partial charge in [-0.15, -0.1) is 0 Å². The maximum Gasteiger partial charge on any atom is 0.243 e. The van der Waals surface area contributed by atoms with E-state index in [1.807, 2.05) is 54.6 Å². The molecular weight excluding hydrogens is 398 g/mol. The number of nitrogens with zero attached hydrogens (tertiary/aromatic N) is 1. The molecule has 2 aromatic rings. The van der Waals surface area contributed by atoms with Gasteiger partial charge in [0.15, 0.2) is 0 Å². The molecule has 0 saturated carbocycles. The second-order valence-electron chi connectivity index (χ2n) is 6.09. The fourth-order valence-electron chi connectivity index (χ4n) is 2.84. The quantitative estimate of drug-likeness (QED) is 0.751. The zero-order valence-corrected chi connectivity index (χ0v) is 15.5. The summed E-state index contributed by atoms with van der Waals surface area (Å²) in [5, 5.41) is 0. The van der Waals surface area contributed by atoms with Gasteiger partial charge in [0.25, 0.3) is 0 Å². The SMILES string of the molecule is O=C(Cc1ccccc1)NNC(=O)[C@@H]1CC(=O)N(c2cccc(Br)c2)C1.